The largest absolute Gasteiger partial charge is 0.390 e. The molecule has 5 nitrogen and oxygen atoms in total. The lowest BCUT2D eigenvalue weighted by Gasteiger charge is -2.12. The molecule has 0 fully saturated rings. The van der Waals surface area contributed by atoms with Crippen LogP contribution in [0.1, 0.15) is 12.0 Å². The van der Waals surface area contributed by atoms with Crippen LogP contribution < -0.4 is 10.6 Å². The highest BCUT2D eigenvalue weighted by Crippen LogP contribution is 2.17. The van der Waals surface area contributed by atoms with Gasteiger partial charge in [0.15, 0.2) is 5.96 Å². The van der Waals surface area contributed by atoms with E-state index in [9.17, 15) is 13.2 Å². The maximum absolute atomic E-state index is 12.0. The Hall–Kier alpha value is -1.73. The maximum atomic E-state index is 12.0. The number of halogens is 3. The molecule has 0 saturated carbocycles. The number of alkyl halides is 3. The summed E-state index contributed by atoms with van der Waals surface area (Å²) in [6.45, 7) is 0.396. The van der Waals surface area contributed by atoms with Gasteiger partial charge in [-0.25, -0.2) is 0 Å². The van der Waals surface area contributed by atoms with Crippen molar-refractivity contribution >= 4 is 5.96 Å². The molecule has 19 heavy (non-hydrogen) atoms. The Morgan fingerprint density at radius 3 is 2.58 bits per heavy atom. The maximum Gasteiger partial charge on any atom is 0.390 e. The van der Waals surface area contributed by atoms with Gasteiger partial charge in [-0.3, -0.25) is 9.67 Å². The molecule has 0 bridgehead atoms. The molecule has 0 spiro atoms. The molecule has 0 amide bonds. The van der Waals surface area contributed by atoms with Gasteiger partial charge < -0.3 is 10.6 Å². The molecule has 0 aliphatic carbocycles. The predicted octanol–water partition coefficient (Wildman–Crippen LogP) is 1.08. The Labute approximate surface area is 109 Å². The Bertz CT molecular complexity index is 411. The number of aryl methyl sites for hydroxylation is 1. The van der Waals surface area contributed by atoms with Crippen LogP contribution in [0.3, 0.4) is 0 Å². The summed E-state index contributed by atoms with van der Waals surface area (Å²) in [5, 5.41) is 9.59. The fourth-order valence-electron chi connectivity index (χ4n) is 1.47. The van der Waals surface area contributed by atoms with Gasteiger partial charge >= 0.3 is 6.18 Å². The number of rotatable bonds is 5. The van der Waals surface area contributed by atoms with Crippen molar-refractivity contribution in [2.24, 2.45) is 12.0 Å². The van der Waals surface area contributed by atoms with E-state index in [2.05, 4.69) is 20.7 Å². The first-order valence-corrected chi connectivity index (χ1v) is 5.89. The van der Waals surface area contributed by atoms with Crippen LogP contribution in [-0.2, 0) is 13.5 Å². The van der Waals surface area contributed by atoms with Crippen molar-refractivity contribution in [2.45, 2.75) is 19.0 Å². The van der Waals surface area contributed by atoms with Crippen molar-refractivity contribution in [3.63, 3.8) is 0 Å². The Balaban J connectivity index is 2.22. The second-order valence-corrected chi connectivity index (χ2v) is 4.06. The van der Waals surface area contributed by atoms with E-state index in [1.54, 1.807) is 10.9 Å². The Morgan fingerprint density at radius 1 is 1.37 bits per heavy atom. The zero-order valence-electron chi connectivity index (χ0n) is 11.0. The predicted molar refractivity (Wildman–Crippen MR) is 66.9 cm³/mol. The van der Waals surface area contributed by atoms with Crippen LogP contribution in [0.4, 0.5) is 13.2 Å². The molecular weight excluding hydrogens is 259 g/mol. The molecule has 0 aliphatic heterocycles. The third-order valence-electron chi connectivity index (χ3n) is 2.39. The summed E-state index contributed by atoms with van der Waals surface area (Å²) in [6.07, 6.45) is -0.658. The lowest BCUT2D eigenvalue weighted by Crippen LogP contribution is -2.39. The highest BCUT2D eigenvalue weighted by Gasteiger charge is 2.26. The van der Waals surface area contributed by atoms with Gasteiger partial charge in [-0.2, -0.15) is 18.3 Å². The van der Waals surface area contributed by atoms with E-state index in [-0.39, 0.29) is 6.54 Å². The fraction of sp³-hybridized carbons (Fsp3) is 0.636. The van der Waals surface area contributed by atoms with E-state index < -0.39 is 12.6 Å². The number of nitrogens with zero attached hydrogens (tertiary/aromatic N) is 3. The van der Waals surface area contributed by atoms with Crippen LogP contribution in [0, 0.1) is 0 Å². The Kier molecular flexibility index (Phi) is 5.65. The smallest absolute Gasteiger partial charge is 0.356 e. The second-order valence-electron chi connectivity index (χ2n) is 4.06. The summed E-state index contributed by atoms with van der Waals surface area (Å²) < 4.78 is 37.6. The molecular formula is C11H18F3N5. The number of guanidine groups is 1. The van der Waals surface area contributed by atoms with Gasteiger partial charge in [0.2, 0.25) is 0 Å². The summed E-state index contributed by atoms with van der Waals surface area (Å²) in [5.41, 5.74) is 1.06. The van der Waals surface area contributed by atoms with Crippen molar-refractivity contribution in [1.82, 2.24) is 20.4 Å². The van der Waals surface area contributed by atoms with Gasteiger partial charge in [-0.1, -0.05) is 0 Å². The fourth-order valence-corrected chi connectivity index (χ4v) is 1.47. The minimum Gasteiger partial charge on any atom is -0.356 e. The third-order valence-corrected chi connectivity index (χ3v) is 2.39. The quantitative estimate of drug-likeness (QED) is 0.625. The SMILES string of the molecule is CN=C(NCCc1cnn(C)c1)NCCC(F)(F)F. The molecule has 2 N–H and O–H groups in total. The number of nitrogens with one attached hydrogen (secondary N) is 2. The van der Waals surface area contributed by atoms with E-state index in [4.69, 9.17) is 0 Å². The average molecular weight is 277 g/mol. The van der Waals surface area contributed by atoms with Gasteiger partial charge in [-0.05, 0) is 12.0 Å². The van der Waals surface area contributed by atoms with Gasteiger partial charge in [0.1, 0.15) is 0 Å². The van der Waals surface area contributed by atoms with Crippen molar-refractivity contribution in [2.75, 3.05) is 20.1 Å². The first-order valence-electron chi connectivity index (χ1n) is 5.89. The molecule has 0 atom stereocenters. The number of hydrogen-bond donors (Lipinski definition) is 2. The molecule has 0 unspecified atom stereocenters. The van der Waals surface area contributed by atoms with E-state index in [1.165, 1.54) is 7.05 Å². The van der Waals surface area contributed by atoms with Crippen molar-refractivity contribution in [3.05, 3.63) is 18.0 Å². The highest BCUT2D eigenvalue weighted by molar-refractivity contribution is 5.79. The molecule has 108 valence electrons. The minimum absolute atomic E-state index is 0.184. The first-order chi connectivity index (χ1) is 8.90. The topological polar surface area (TPSA) is 54.2 Å². The van der Waals surface area contributed by atoms with Gasteiger partial charge in [-0.15, -0.1) is 0 Å². The molecule has 0 saturated heterocycles. The van der Waals surface area contributed by atoms with Gasteiger partial charge in [0.05, 0.1) is 12.6 Å². The number of aliphatic imine (C=N–C) groups is 1. The van der Waals surface area contributed by atoms with Crippen molar-refractivity contribution < 1.29 is 13.2 Å². The average Bonchev–Trinajstić information content (AvgIpc) is 2.71. The van der Waals surface area contributed by atoms with Crippen LogP contribution in [-0.4, -0.2) is 42.1 Å². The monoisotopic (exact) mass is 277 g/mol. The van der Waals surface area contributed by atoms with Crippen LogP contribution in [0.2, 0.25) is 0 Å². The highest BCUT2D eigenvalue weighted by atomic mass is 19.4. The van der Waals surface area contributed by atoms with Crippen LogP contribution in [0.5, 0.6) is 0 Å². The number of aromatic nitrogens is 2. The normalized spacial score (nSPS) is 12.6. The minimum atomic E-state index is -4.15. The zero-order chi connectivity index (χ0) is 14.3. The van der Waals surface area contributed by atoms with Crippen LogP contribution in [0.15, 0.2) is 17.4 Å². The van der Waals surface area contributed by atoms with Crippen molar-refractivity contribution in [1.29, 1.82) is 0 Å². The standard InChI is InChI=1S/C11H18F3N5/c1-15-10(17-6-4-11(12,13)14)16-5-3-9-7-18-19(2)8-9/h7-8H,3-6H2,1-2H3,(H2,15,16,17). The van der Waals surface area contributed by atoms with Crippen LogP contribution in [0.25, 0.3) is 0 Å². The summed E-state index contributed by atoms with van der Waals surface area (Å²) in [5.74, 6) is 0.369. The van der Waals surface area contributed by atoms with E-state index in [0.29, 0.717) is 12.5 Å². The second kappa shape index (κ2) is 7.01. The lowest BCUT2D eigenvalue weighted by molar-refractivity contribution is -0.132. The van der Waals surface area contributed by atoms with Crippen LogP contribution >= 0.6 is 0 Å². The van der Waals surface area contributed by atoms with Gasteiger partial charge in [0.25, 0.3) is 0 Å². The summed E-state index contributed by atoms with van der Waals surface area (Å²) in [6, 6.07) is 0. The Morgan fingerprint density at radius 2 is 2.05 bits per heavy atom. The molecule has 0 radical (unpaired) electrons. The molecule has 1 aromatic rings. The molecule has 8 heteroatoms. The van der Waals surface area contributed by atoms with E-state index in [0.717, 1.165) is 12.0 Å². The molecule has 0 aromatic carbocycles. The molecule has 1 rings (SSSR count). The number of hydrogen-bond acceptors (Lipinski definition) is 2. The summed E-state index contributed by atoms with van der Waals surface area (Å²) in [4.78, 5) is 3.85. The first kappa shape index (κ1) is 15.3. The summed E-state index contributed by atoms with van der Waals surface area (Å²) in [7, 11) is 3.35. The summed E-state index contributed by atoms with van der Waals surface area (Å²) >= 11 is 0. The van der Waals surface area contributed by atoms with E-state index in [1.807, 2.05) is 13.2 Å². The lowest BCUT2D eigenvalue weighted by atomic mass is 10.2. The zero-order valence-corrected chi connectivity index (χ0v) is 11.0. The molecule has 0 aliphatic rings. The molecule has 1 aromatic heterocycles. The third kappa shape index (κ3) is 6.68. The van der Waals surface area contributed by atoms with Gasteiger partial charge in [0, 0.05) is 33.4 Å². The van der Waals surface area contributed by atoms with E-state index >= 15 is 0 Å². The molecule has 1 heterocycles. The van der Waals surface area contributed by atoms with Crippen molar-refractivity contribution in [3.8, 4) is 0 Å².